The van der Waals surface area contributed by atoms with Crippen molar-refractivity contribution >= 4 is 17.8 Å². The van der Waals surface area contributed by atoms with E-state index in [4.69, 9.17) is 5.11 Å². The van der Waals surface area contributed by atoms with Gasteiger partial charge < -0.3 is 14.9 Å². The molecule has 0 radical (unpaired) electrons. The number of likely N-dealkylation sites (tertiary alicyclic amines) is 1. The van der Waals surface area contributed by atoms with E-state index in [1.165, 1.54) is 4.90 Å². The van der Waals surface area contributed by atoms with Crippen molar-refractivity contribution in [3.8, 4) is 0 Å². The average Bonchev–Trinajstić information content (AvgIpc) is 2.77. The lowest BCUT2D eigenvalue weighted by molar-refractivity contribution is -0.139. The zero-order valence-electron chi connectivity index (χ0n) is 12.5. The third-order valence-corrected chi connectivity index (χ3v) is 3.78. The van der Waals surface area contributed by atoms with Gasteiger partial charge >= 0.3 is 5.97 Å². The van der Waals surface area contributed by atoms with Crippen molar-refractivity contribution in [2.75, 3.05) is 20.1 Å². The predicted octanol–water partition coefficient (Wildman–Crippen LogP) is 0.957. The maximum atomic E-state index is 12.2. The van der Waals surface area contributed by atoms with E-state index in [0.29, 0.717) is 6.54 Å². The van der Waals surface area contributed by atoms with Gasteiger partial charge in [0.1, 0.15) is 0 Å². The summed E-state index contributed by atoms with van der Waals surface area (Å²) in [6.07, 6.45) is 2.10. The van der Waals surface area contributed by atoms with Crippen molar-refractivity contribution in [1.29, 1.82) is 0 Å². The Morgan fingerprint density at radius 2 is 2.15 bits per heavy atom. The number of carbonyl (C=O) groups excluding carboxylic acids is 2. The van der Waals surface area contributed by atoms with Crippen molar-refractivity contribution in [1.82, 2.24) is 9.80 Å². The molecule has 0 aromatic carbocycles. The molecule has 2 amide bonds. The molecule has 0 bridgehead atoms. The van der Waals surface area contributed by atoms with Crippen molar-refractivity contribution < 1.29 is 19.5 Å². The third kappa shape index (κ3) is 4.21. The minimum absolute atomic E-state index is 0.0240. The van der Waals surface area contributed by atoms with Crippen molar-refractivity contribution in [3.63, 3.8) is 0 Å². The van der Waals surface area contributed by atoms with E-state index in [-0.39, 0.29) is 43.2 Å². The maximum Gasteiger partial charge on any atom is 0.305 e. The number of hydrogen-bond acceptors (Lipinski definition) is 3. The number of carboxylic acid groups (broad SMARTS) is 1. The standard InChI is InChI=1S/C14H24N2O4/c1-4-5-10(2)16-9-11(8-12(16)17)14(20)15(3)7-6-13(18)19/h10-11H,4-9H2,1-3H3,(H,18,19)/t10-,11+/m1/s1. The lowest BCUT2D eigenvalue weighted by Gasteiger charge is -2.25. The second-order valence-electron chi connectivity index (χ2n) is 5.49. The molecule has 6 nitrogen and oxygen atoms in total. The van der Waals surface area contributed by atoms with Gasteiger partial charge in [-0.05, 0) is 13.3 Å². The lowest BCUT2D eigenvalue weighted by atomic mass is 10.1. The molecule has 0 unspecified atom stereocenters. The molecular formula is C14H24N2O4. The molecule has 0 saturated carbocycles. The molecule has 1 N–H and O–H groups in total. The third-order valence-electron chi connectivity index (χ3n) is 3.78. The first-order chi connectivity index (χ1) is 9.36. The van der Waals surface area contributed by atoms with Crippen molar-refractivity contribution in [3.05, 3.63) is 0 Å². The Kier molecular flexibility index (Phi) is 5.98. The van der Waals surface area contributed by atoms with Crippen LogP contribution < -0.4 is 0 Å². The van der Waals surface area contributed by atoms with E-state index in [9.17, 15) is 14.4 Å². The molecule has 0 aromatic rings. The van der Waals surface area contributed by atoms with Crippen LogP contribution in [0.25, 0.3) is 0 Å². The Balaban J connectivity index is 2.54. The highest BCUT2D eigenvalue weighted by Gasteiger charge is 2.37. The van der Waals surface area contributed by atoms with Gasteiger partial charge in [0, 0.05) is 32.6 Å². The van der Waals surface area contributed by atoms with Gasteiger partial charge in [0.05, 0.1) is 12.3 Å². The van der Waals surface area contributed by atoms with Crippen LogP contribution in [0.2, 0.25) is 0 Å². The summed E-state index contributed by atoms with van der Waals surface area (Å²) < 4.78 is 0. The summed E-state index contributed by atoms with van der Waals surface area (Å²) in [6, 6.07) is 0.162. The number of aliphatic carboxylic acids is 1. The van der Waals surface area contributed by atoms with Crippen LogP contribution in [0.5, 0.6) is 0 Å². The van der Waals surface area contributed by atoms with Gasteiger partial charge in [0.2, 0.25) is 11.8 Å². The first-order valence-electron chi connectivity index (χ1n) is 7.13. The number of rotatable bonds is 7. The summed E-state index contributed by atoms with van der Waals surface area (Å²) in [6.45, 7) is 4.71. The smallest absolute Gasteiger partial charge is 0.305 e. The van der Waals surface area contributed by atoms with Gasteiger partial charge in [-0.3, -0.25) is 14.4 Å². The fourth-order valence-corrected chi connectivity index (χ4v) is 2.58. The molecule has 6 heteroatoms. The van der Waals surface area contributed by atoms with Crippen LogP contribution in [0.3, 0.4) is 0 Å². The summed E-state index contributed by atoms with van der Waals surface area (Å²) in [7, 11) is 1.59. The summed E-state index contributed by atoms with van der Waals surface area (Å²) in [5, 5.41) is 8.63. The first-order valence-corrected chi connectivity index (χ1v) is 7.13. The fraction of sp³-hybridized carbons (Fsp3) is 0.786. The van der Waals surface area contributed by atoms with Gasteiger partial charge in [-0.1, -0.05) is 13.3 Å². The zero-order chi connectivity index (χ0) is 15.3. The van der Waals surface area contributed by atoms with Crippen LogP contribution in [0.15, 0.2) is 0 Å². The zero-order valence-corrected chi connectivity index (χ0v) is 12.5. The number of carbonyl (C=O) groups is 3. The molecule has 1 heterocycles. The molecular weight excluding hydrogens is 260 g/mol. The van der Waals surface area contributed by atoms with E-state index >= 15 is 0 Å². The Labute approximate surface area is 119 Å². The van der Waals surface area contributed by atoms with Gasteiger partial charge in [-0.25, -0.2) is 0 Å². The predicted molar refractivity (Wildman–Crippen MR) is 74.1 cm³/mol. The Hall–Kier alpha value is -1.59. The molecule has 0 aromatic heterocycles. The molecule has 1 saturated heterocycles. The summed E-state index contributed by atoms with van der Waals surface area (Å²) in [5.41, 5.74) is 0. The quantitative estimate of drug-likeness (QED) is 0.755. The SMILES string of the molecule is CCC[C@@H](C)N1C[C@@H](C(=O)N(C)CCC(=O)O)CC1=O. The van der Waals surface area contributed by atoms with Crippen LogP contribution in [-0.4, -0.2) is 58.9 Å². The average molecular weight is 284 g/mol. The Morgan fingerprint density at radius 3 is 2.70 bits per heavy atom. The van der Waals surface area contributed by atoms with Gasteiger partial charge in [0.25, 0.3) is 0 Å². The van der Waals surface area contributed by atoms with Gasteiger partial charge in [-0.2, -0.15) is 0 Å². The monoisotopic (exact) mass is 284 g/mol. The number of carboxylic acids is 1. The van der Waals surface area contributed by atoms with E-state index in [1.807, 2.05) is 6.92 Å². The molecule has 1 aliphatic heterocycles. The van der Waals surface area contributed by atoms with E-state index < -0.39 is 5.97 Å². The highest BCUT2D eigenvalue weighted by atomic mass is 16.4. The number of nitrogens with zero attached hydrogens (tertiary/aromatic N) is 2. The van der Waals surface area contributed by atoms with Gasteiger partial charge in [-0.15, -0.1) is 0 Å². The van der Waals surface area contributed by atoms with Gasteiger partial charge in [0.15, 0.2) is 0 Å². The topological polar surface area (TPSA) is 77.9 Å². The molecule has 0 aliphatic carbocycles. The summed E-state index contributed by atoms with van der Waals surface area (Å²) >= 11 is 0. The van der Waals surface area contributed by atoms with Crippen LogP contribution in [0.1, 0.15) is 39.5 Å². The van der Waals surface area contributed by atoms with Crippen LogP contribution in [-0.2, 0) is 14.4 Å². The van der Waals surface area contributed by atoms with Crippen LogP contribution in [0, 0.1) is 5.92 Å². The Morgan fingerprint density at radius 1 is 1.50 bits per heavy atom. The Bertz CT molecular complexity index is 383. The minimum atomic E-state index is -0.926. The van der Waals surface area contributed by atoms with E-state index in [1.54, 1.807) is 11.9 Å². The van der Waals surface area contributed by atoms with Crippen LogP contribution >= 0.6 is 0 Å². The fourth-order valence-electron chi connectivity index (χ4n) is 2.58. The molecule has 0 spiro atoms. The van der Waals surface area contributed by atoms with E-state index in [2.05, 4.69) is 6.92 Å². The largest absolute Gasteiger partial charge is 0.481 e. The molecule has 1 fully saturated rings. The highest BCUT2D eigenvalue weighted by Crippen LogP contribution is 2.23. The lowest BCUT2D eigenvalue weighted by Crippen LogP contribution is -2.38. The molecule has 114 valence electrons. The molecule has 2 atom stereocenters. The molecule has 1 rings (SSSR count). The molecule has 1 aliphatic rings. The number of hydrogen-bond donors (Lipinski definition) is 1. The van der Waals surface area contributed by atoms with Crippen molar-refractivity contribution in [2.24, 2.45) is 5.92 Å². The first kappa shape index (κ1) is 16.5. The van der Waals surface area contributed by atoms with Crippen molar-refractivity contribution in [2.45, 2.75) is 45.6 Å². The summed E-state index contributed by atoms with van der Waals surface area (Å²) in [4.78, 5) is 37.8. The number of amides is 2. The van der Waals surface area contributed by atoms with Crippen LogP contribution in [0.4, 0.5) is 0 Å². The second-order valence-corrected chi connectivity index (χ2v) is 5.49. The highest BCUT2D eigenvalue weighted by molar-refractivity contribution is 5.89. The van der Waals surface area contributed by atoms with E-state index in [0.717, 1.165) is 12.8 Å². The second kappa shape index (κ2) is 7.26. The summed E-state index contributed by atoms with van der Waals surface area (Å²) in [5.74, 6) is -1.37. The molecule has 20 heavy (non-hydrogen) atoms. The normalized spacial score (nSPS) is 20.1. The minimum Gasteiger partial charge on any atom is -0.481 e. The maximum absolute atomic E-state index is 12.2.